The van der Waals surface area contributed by atoms with Crippen LogP contribution in [0.15, 0.2) is 29.3 Å². The van der Waals surface area contributed by atoms with Gasteiger partial charge in [-0.1, -0.05) is 30.8 Å². The summed E-state index contributed by atoms with van der Waals surface area (Å²) in [5, 5.41) is 0.556. The van der Waals surface area contributed by atoms with Crippen molar-refractivity contribution in [3.8, 4) is 0 Å². The van der Waals surface area contributed by atoms with Gasteiger partial charge in [0.05, 0.1) is 17.5 Å². The Balaban J connectivity index is 1.78. The van der Waals surface area contributed by atoms with E-state index < -0.39 is 9.84 Å². The van der Waals surface area contributed by atoms with Crippen LogP contribution in [-0.4, -0.2) is 53.7 Å². The van der Waals surface area contributed by atoms with Gasteiger partial charge in [-0.3, -0.25) is 4.79 Å². The molecule has 2 aliphatic rings. The first-order valence-electron chi connectivity index (χ1n) is 7.87. The number of sulfone groups is 1. The van der Waals surface area contributed by atoms with E-state index in [-0.39, 0.29) is 34.5 Å². The third-order valence-corrected chi connectivity index (χ3v) is 7.50. The standard InChI is InChI=1S/C16H19FN2O3S2/c1-2-15(20)18-16-19(8-7-11-3-5-12(17)6-4-11)13-9-24(21,22)10-14(13)23-16/h3-6,13-14H,2,7-10H2,1H3/t13-,14-/m1/s1. The lowest BCUT2D eigenvalue weighted by Gasteiger charge is -2.24. The van der Waals surface area contributed by atoms with Crippen LogP contribution < -0.4 is 0 Å². The highest BCUT2D eigenvalue weighted by Gasteiger charge is 2.48. The number of fused-ring (bicyclic) bond motifs is 1. The van der Waals surface area contributed by atoms with Gasteiger partial charge in [-0.25, -0.2) is 12.8 Å². The molecule has 3 rings (SSSR count). The molecule has 5 nitrogen and oxygen atoms in total. The normalized spacial score (nSPS) is 26.8. The fourth-order valence-electron chi connectivity index (χ4n) is 2.98. The van der Waals surface area contributed by atoms with Crippen molar-refractivity contribution in [1.29, 1.82) is 0 Å². The van der Waals surface area contributed by atoms with Crippen LogP contribution >= 0.6 is 11.8 Å². The lowest BCUT2D eigenvalue weighted by Crippen LogP contribution is -2.39. The number of amides is 1. The van der Waals surface area contributed by atoms with E-state index in [4.69, 9.17) is 0 Å². The Hall–Kier alpha value is -1.41. The predicted molar refractivity (Wildman–Crippen MR) is 93.4 cm³/mol. The Morgan fingerprint density at radius 3 is 2.71 bits per heavy atom. The third kappa shape index (κ3) is 3.80. The molecular formula is C16H19FN2O3S2. The summed E-state index contributed by atoms with van der Waals surface area (Å²) in [7, 11) is -3.04. The molecule has 24 heavy (non-hydrogen) atoms. The molecular weight excluding hydrogens is 351 g/mol. The van der Waals surface area contributed by atoms with E-state index in [1.807, 2.05) is 4.90 Å². The van der Waals surface area contributed by atoms with Gasteiger partial charge in [0.2, 0.25) is 5.91 Å². The molecule has 2 atom stereocenters. The van der Waals surface area contributed by atoms with Gasteiger partial charge in [-0.2, -0.15) is 4.99 Å². The largest absolute Gasteiger partial charge is 0.346 e. The molecule has 130 valence electrons. The van der Waals surface area contributed by atoms with Crippen LogP contribution in [0.2, 0.25) is 0 Å². The summed E-state index contributed by atoms with van der Waals surface area (Å²) in [4.78, 5) is 17.8. The first-order chi connectivity index (χ1) is 11.4. The summed E-state index contributed by atoms with van der Waals surface area (Å²) in [6.45, 7) is 2.31. The van der Waals surface area contributed by atoms with Gasteiger partial charge >= 0.3 is 0 Å². The molecule has 0 spiro atoms. The number of hydrogen-bond acceptors (Lipinski definition) is 4. The predicted octanol–water partition coefficient (Wildman–Crippen LogP) is 1.88. The van der Waals surface area contributed by atoms with Crippen LogP contribution in [0.1, 0.15) is 18.9 Å². The number of amidine groups is 1. The van der Waals surface area contributed by atoms with Crippen molar-refractivity contribution >= 4 is 32.7 Å². The fourth-order valence-corrected chi connectivity index (χ4v) is 6.98. The minimum atomic E-state index is -3.04. The summed E-state index contributed by atoms with van der Waals surface area (Å²) in [6.07, 6.45) is 0.965. The van der Waals surface area contributed by atoms with Crippen molar-refractivity contribution in [2.75, 3.05) is 18.1 Å². The van der Waals surface area contributed by atoms with Gasteiger partial charge < -0.3 is 4.90 Å². The number of hydrogen-bond donors (Lipinski definition) is 0. The van der Waals surface area contributed by atoms with Crippen LogP contribution in [0.25, 0.3) is 0 Å². The fraction of sp³-hybridized carbons (Fsp3) is 0.500. The maximum absolute atomic E-state index is 13.0. The zero-order chi connectivity index (χ0) is 17.3. The molecule has 8 heteroatoms. The van der Waals surface area contributed by atoms with Crippen LogP contribution in [-0.2, 0) is 21.1 Å². The van der Waals surface area contributed by atoms with Gasteiger partial charge in [-0.05, 0) is 24.1 Å². The molecule has 1 aromatic rings. The Morgan fingerprint density at radius 2 is 2.04 bits per heavy atom. The maximum Gasteiger partial charge on any atom is 0.247 e. The second-order valence-corrected chi connectivity index (χ2v) is 9.37. The summed E-state index contributed by atoms with van der Waals surface area (Å²) in [6, 6.07) is 6.12. The third-order valence-electron chi connectivity index (χ3n) is 4.25. The number of rotatable bonds is 4. The summed E-state index contributed by atoms with van der Waals surface area (Å²) >= 11 is 1.39. The quantitative estimate of drug-likeness (QED) is 0.810. The van der Waals surface area contributed by atoms with E-state index in [0.29, 0.717) is 24.6 Å². The molecule has 2 fully saturated rings. The monoisotopic (exact) mass is 370 g/mol. The Morgan fingerprint density at radius 1 is 1.33 bits per heavy atom. The van der Waals surface area contributed by atoms with Crippen molar-refractivity contribution in [3.63, 3.8) is 0 Å². The van der Waals surface area contributed by atoms with E-state index in [1.54, 1.807) is 19.1 Å². The average Bonchev–Trinajstić information content (AvgIpc) is 2.98. The minimum Gasteiger partial charge on any atom is -0.346 e. The van der Waals surface area contributed by atoms with E-state index in [1.165, 1.54) is 23.9 Å². The SMILES string of the molecule is CCC(=O)N=C1S[C@@H]2CS(=O)(=O)C[C@H]2N1CCc1ccc(F)cc1. The van der Waals surface area contributed by atoms with Crippen LogP contribution in [0.3, 0.4) is 0 Å². The number of thioether (sulfide) groups is 1. The van der Waals surface area contributed by atoms with Gasteiger partial charge in [0, 0.05) is 18.2 Å². The van der Waals surface area contributed by atoms with Gasteiger partial charge in [0.15, 0.2) is 15.0 Å². The summed E-state index contributed by atoms with van der Waals surface area (Å²) in [5.74, 6) is -0.248. The summed E-state index contributed by atoms with van der Waals surface area (Å²) in [5.41, 5.74) is 0.965. The lowest BCUT2D eigenvalue weighted by molar-refractivity contribution is -0.117. The molecule has 2 aliphatic heterocycles. The number of benzene rings is 1. The van der Waals surface area contributed by atoms with E-state index in [9.17, 15) is 17.6 Å². The second kappa shape index (κ2) is 6.84. The second-order valence-electron chi connectivity index (χ2n) is 6.01. The van der Waals surface area contributed by atoms with Crippen molar-refractivity contribution < 1.29 is 17.6 Å². The van der Waals surface area contributed by atoms with E-state index in [2.05, 4.69) is 4.99 Å². The molecule has 0 bridgehead atoms. The first-order valence-corrected chi connectivity index (χ1v) is 10.6. The van der Waals surface area contributed by atoms with Crippen LogP contribution in [0, 0.1) is 5.82 Å². The average molecular weight is 370 g/mol. The minimum absolute atomic E-state index is 0.0633. The molecule has 0 unspecified atom stereocenters. The molecule has 2 heterocycles. The number of carbonyl (C=O) groups is 1. The van der Waals surface area contributed by atoms with Crippen molar-refractivity contribution in [1.82, 2.24) is 4.90 Å². The molecule has 0 saturated carbocycles. The van der Waals surface area contributed by atoms with Gasteiger partial charge in [0.1, 0.15) is 5.82 Å². The van der Waals surface area contributed by atoms with E-state index >= 15 is 0 Å². The smallest absolute Gasteiger partial charge is 0.247 e. The summed E-state index contributed by atoms with van der Waals surface area (Å²) < 4.78 is 36.8. The molecule has 2 saturated heterocycles. The molecule has 0 N–H and O–H groups in total. The zero-order valence-corrected chi connectivity index (χ0v) is 14.9. The number of carbonyl (C=O) groups excluding carboxylic acids is 1. The van der Waals surface area contributed by atoms with Crippen LogP contribution in [0.4, 0.5) is 4.39 Å². The van der Waals surface area contributed by atoms with Crippen molar-refractivity contribution in [2.24, 2.45) is 4.99 Å². The molecule has 1 aromatic carbocycles. The van der Waals surface area contributed by atoms with Crippen LogP contribution in [0.5, 0.6) is 0 Å². The molecule has 0 aliphatic carbocycles. The Kier molecular flexibility index (Phi) is 4.96. The Labute approximate surface area is 145 Å². The zero-order valence-electron chi connectivity index (χ0n) is 13.3. The highest BCUT2D eigenvalue weighted by atomic mass is 32.2. The molecule has 0 radical (unpaired) electrons. The highest BCUT2D eigenvalue weighted by Crippen LogP contribution is 2.38. The molecule has 1 amide bonds. The number of nitrogens with zero attached hydrogens (tertiary/aromatic N) is 2. The van der Waals surface area contributed by atoms with Gasteiger partial charge in [0.25, 0.3) is 0 Å². The van der Waals surface area contributed by atoms with Crippen molar-refractivity contribution in [3.05, 3.63) is 35.6 Å². The topological polar surface area (TPSA) is 66.8 Å². The Bertz CT molecular complexity index is 762. The van der Waals surface area contributed by atoms with E-state index in [0.717, 1.165) is 5.56 Å². The number of aliphatic imine (C=N–C) groups is 1. The lowest BCUT2D eigenvalue weighted by atomic mass is 10.1. The van der Waals surface area contributed by atoms with Crippen molar-refractivity contribution in [2.45, 2.75) is 31.1 Å². The molecule has 0 aromatic heterocycles. The maximum atomic E-state index is 13.0. The highest BCUT2D eigenvalue weighted by molar-refractivity contribution is 8.15. The number of halogens is 1. The first kappa shape index (κ1) is 17.4. The van der Waals surface area contributed by atoms with Gasteiger partial charge in [-0.15, -0.1) is 0 Å².